The molecule has 8 heteroatoms. The number of hydrogen-bond acceptors (Lipinski definition) is 5. The zero-order valence-electron chi connectivity index (χ0n) is 21.5. The molecule has 190 valence electrons. The van der Waals surface area contributed by atoms with Crippen LogP contribution in [0.5, 0.6) is 11.5 Å². The van der Waals surface area contributed by atoms with Crippen molar-refractivity contribution in [3.63, 3.8) is 0 Å². The van der Waals surface area contributed by atoms with Crippen molar-refractivity contribution < 1.29 is 19.0 Å². The lowest BCUT2D eigenvalue weighted by atomic mass is 9.93. The first-order valence-electron chi connectivity index (χ1n) is 12.3. The van der Waals surface area contributed by atoms with E-state index in [0.717, 1.165) is 41.6 Å². The van der Waals surface area contributed by atoms with Crippen LogP contribution >= 0.6 is 11.6 Å². The quantitative estimate of drug-likeness (QED) is 0.534. The van der Waals surface area contributed by atoms with Crippen LogP contribution < -0.4 is 15.0 Å². The van der Waals surface area contributed by atoms with E-state index in [4.69, 9.17) is 25.8 Å². The molecule has 2 unspecified atom stereocenters. The number of amides is 1. The van der Waals surface area contributed by atoms with Gasteiger partial charge in [0, 0.05) is 43.8 Å². The number of carbonyl (C=O) groups excluding carboxylic acids is 1. The van der Waals surface area contributed by atoms with E-state index in [-0.39, 0.29) is 24.1 Å². The highest BCUT2D eigenvalue weighted by Crippen LogP contribution is 2.51. The zero-order valence-corrected chi connectivity index (χ0v) is 22.2. The topological polar surface area (TPSA) is 80.9 Å². The summed E-state index contributed by atoms with van der Waals surface area (Å²) in [5.41, 5.74) is 4.20. The highest BCUT2D eigenvalue weighted by Gasteiger charge is 2.42. The van der Waals surface area contributed by atoms with Crippen LogP contribution in [0.25, 0.3) is 0 Å². The van der Waals surface area contributed by atoms with Gasteiger partial charge in [-0.2, -0.15) is 0 Å². The lowest BCUT2D eigenvalue weighted by molar-refractivity contribution is -0.0718. The molecular weight excluding hydrogens is 468 g/mol. The summed E-state index contributed by atoms with van der Waals surface area (Å²) in [6, 6.07) is 1.93. The number of carbonyl (C=O) groups is 1. The van der Waals surface area contributed by atoms with Crippen LogP contribution in [0.4, 0.5) is 0 Å². The van der Waals surface area contributed by atoms with Gasteiger partial charge < -0.3 is 24.1 Å². The number of methoxy groups -OCH3 is 1. The Hall–Kier alpha value is -2.51. The van der Waals surface area contributed by atoms with Gasteiger partial charge in [-0.1, -0.05) is 18.5 Å². The third kappa shape index (κ3) is 4.81. The van der Waals surface area contributed by atoms with Crippen molar-refractivity contribution in [3.05, 3.63) is 55.0 Å². The van der Waals surface area contributed by atoms with Gasteiger partial charge in [0.15, 0.2) is 11.5 Å². The smallest absolute Gasteiger partial charge is 0.254 e. The Morgan fingerprint density at radius 1 is 1.23 bits per heavy atom. The molecule has 2 aliphatic rings. The van der Waals surface area contributed by atoms with Crippen LogP contribution in [-0.4, -0.2) is 41.3 Å². The van der Waals surface area contributed by atoms with Crippen molar-refractivity contribution >= 4 is 17.5 Å². The number of halogens is 1. The molecule has 0 saturated carbocycles. The number of pyridine rings is 1. The fourth-order valence-electron chi connectivity index (χ4n) is 5.22. The maximum absolute atomic E-state index is 13.6. The van der Waals surface area contributed by atoms with Gasteiger partial charge in [-0.25, -0.2) is 0 Å². The van der Waals surface area contributed by atoms with Crippen molar-refractivity contribution in [1.29, 1.82) is 0 Å². The number of rotatable bonds is 8. The van der Waals surface area contributed by atoms with Crippen LogP contribution in [0.1, 0.15) is 77.8 Å². The molecule has 35 heavy (non-hydrogen) atoms. The standard InChI is InChI=1S/C27H35ClN2O5/c1-7-18(33-6)9-8-11-27(5)34-23-17(4)21-19(22(28)24(23)35-27)10-12-30(26(21)32)14-20-15(2)13-16(3)29-25(20)31/h13,18H,7-12,14H2,1-6H3,(H,29,31). The van der Waals surface area contributed by atoms with Gasteiger partial charge in [-0.3, -0.25) is 9.59 Å². The van der Waals surface area contributed by atoms with Gasteiger partial charge >= 0.3 is 0 Å². The van der Waals surface area contributed by atoms with E-state index in [9.17, 15) is 9.59 Å². The Labute approximate surface area is 211 Å². The summed E-state index contributed by atoms with van der Waals surface area (Å²) in [5.74, 6) is 0.0728. The molecule has 7 nitrogen and oxygen atoms in total. The predicted molar refractivity (Wildman–Crippen MR) is 136 cm³/mol. The molecule has 2 aromatic rings. The highest BCUT2D eigenvalue weighted by molar-refractivity contribution is 6.34. The average molecular weight is 503 g/mol. The molecule has 0 fully saturated rings. The minimum atomic E-state index is -0.845. The first-order chi connectivity index (χ1) is 16.6. The maximum Gasteiger partial charge on any atom is 0.254 e. The predicted octanol–water partition coefficient (Wildman–Crippen LogP) is 5.23. The lowest BCUT2D eigenvalue weighted by Crippen LogP contribution is -2.39. The van der Waals surface area contributed by atoms with Crippen LogP contribution in [0, 0.1) is 20.8 Å². The summed E-state index contributed by atoms with van der Waals surface area (Å²) in [7, 11) is 1.73. The van der Waals surface area contributed by atoms with Gasteiger partial charge in [0.2, 0.25) is 5.79 Å². The van der Waals surface area contributed by atoms with E-state index >= 15 is 0 Å². The molecule has 1 aromatic heterocycles. The third-order valence-corrected chi connectivity index (χ3v) is 7.64. The van der Waals surface area contributed by atoms with Gasteiger partial charge in [-0.05, 0) is 63.6 Å². The second-order valence-corrected chi connectivity index (χ2v) is 10.2. The molecule has 0 bridgehead atoms. The van der Waals surface area contributed by atoms with Crippen molar-refractivity contribution in [2.75, 3.05) is 13.7 Å². The number of aromatic nitrogens is 1. The molecule has 2 aliphatic heterocycles. The zero-order chi connectivity index (χ0) is 25.5. The Bertz CT molecular complexity index is 1200. The first kappa shape index (κ1) is 25.6. The lowest BCUT2D eigenvalue weighted by Gasteiger charge is -2.31. The first-order valence-corrected chi connectivity index (χ1v) is 12.7. The van der Waals surface area contributed by atoms with Crippen LogP contribution in [0.2, 0.25) is 5.02 Å². The summed E-state index contributed by atoms with van der Waals surface area (Å²) in [6.07, 6.45) is 4.23. The second kappa shape index (κ2) is 9.86. The van der Waals surface area contributed by atoms with Crippen LogP contribution in [-0.2, 0) is 17.7 Å². The molecule has 1 amide bonds. The molecule has 0 spiro atoms. The van der Waals surface area contributed by atoms with Gasteiger partial charge in [0.1, 0.15) is 0 Å². The van der Waals surface area contributed by atoms with E-state index in [1.54, 1.807) is 12.0 Å². The SMILES string of the molecule is CCC(CCCC1(C)Oc2c(C)c3c(c(Cl)c2O1)CCN(Cc1c(C)cc(C)[nH]c1=O)C3=O)OC. The number of H-pyrrole nitrogens is 1. The minimum absolute atomic E-state index is 0.143. The summed E-state index contributed by atoms with van der Waals surface area (Å²) in [6.45, 7) is 10.4. The number of hydrogen-bond donors (Lipinski definition) is 1. The van der Waals surface area contributed by atoms with Crippen LogP contribution in [0.3, 0.4) is 0 Å². The fourth-order valence-corrected chi connectivity index (χ4v) is 5.53. The van der Waals surface area contributed by atoms with Crippen LogP contribution in [0.15, 0.2) is 10.9 Å². The fraction of sp³-hybridized carbons (Fsp3) is 0.556. The van der Waals surface area contributed by atoms with E-state index in [0.29, 0.717) is 47.0 Å². The third-order valence-electron chi connectivity index (χ3n) is 7.25. The number of nitrogens with one attached hydrogen (secondary N) is 1. The number of nitrogens with zero attached hydrogens (tertiary/aromatic N) is 1. The van der Waals surface area contributed by atoms with Gasteiger partial charge in [0.05, 0.1) is 23.2 Å². The summed E-state index contributed by atoms with van der Waals surface area (Å²) < 4.78 is 18.0. The largest absolute Gasteiger partial charge is 0.448 e. The maximum atomic E-state index is 13.6. The van der Waals surface area contributed by atoms with E-state index in [1.165, 1.54) is 0 Å². The van der Waals surface area contributed by atoms with Crippen molar-refractivity contribution in [2.24, 2.45) is 0 Å². The molecule has 1 N–H and O–H groups in total. The minimum Gasteiger partial charge on any atom is -0.448 e. The molecule has 3 heterocycles. The molecule has 1 aromatic carbocycles. The van der Waals surface area contributed by atoms with Gasteiger partial charge in [-0.15, -0.1) is 0 Å². The number of ether oxygens (including phenoxy) is 3. The number of aryl methyl sites for hydroxylation is 2. The van der Waals surface area contributed by atoms with E-state index < -0.39 is 5.79 Å². The van der Waals surface area contributed by atoms with Gasteiger partial charge in [0.25, 0.3) is 11.5 Å². The molecule has 2 atom stereocenters. The molecule has 0 aliphatic carbocycles. The number of fused-ring (bicyclic) bond motifs is 2. The summed E-state index contributed by atoms with van der Waals surface area (Å²) in [5, 5.41) is 0.449. The highest BCUT2D eigenvalue weighted by atomic mass is 35.5. The molecule has 4 rings (SSSR count). The van der Waals surface area contributed by atoms with E-state index in [2.05, 4.69) is 11.9 Å². The molecule has 0 radical (unpaired) electrons. The normalized spacial score (nSPS) is 19.7. The van der Waals surface area contributed by atoms with E-state index in [1.807, 2.05) is 33.8 Å². The second-order valence-electron chi connectivity index (χ2n) is 9.87. The average Bonchev–Trinajstić information content (AvgIpc) is 3.16. The number of aromatic amines is 1. The number of benzene rings is 1. The Morgan fingerprint density at radius 2 is 1.94 bits per heavy atom. The molecule has 0 saturated heterocycles. The van der Waals surface area contributed by atoms with Crippen molar-refractivity contribution in [2.45, 2.75) is 85.2 Å². The van der Waals surface area contributed by atoms with Crippen molar-refractivity contribution in [3.8, 4) is 11.5 Å². The Balaban J connectivity index is 1.58. The van der Waals surface area contributed by atoms with Crippen molar-refractivity contribution in [1.82, 2.24) is 9.88 Å². The molecular formula is C27H35ClN2O5. The Morgan fingerprint density at radius 3 is 2.60 bits per heavy atom. The monoisotopic (exact) mass is 502 g/mol. The summed E-state index contributed by atoms with van der Waals surface area (Å²) >= 11 is 6.79. The Kier molecular flexibility index (Phi) is 7.21. The summed E-state index contributed by atoms with van der Waals surface area (Å²) in [4.78, 5) is 30.7.